The number of esters is 1. The largest absolute Gasteiger partial charge is 0.465 e. The van der Waals surface area contributed by atoms with E-state index in [9.17, 15) is 9.59 Å². The Balaban J connectivity index is 2.16. The van der Waals surface area contributed by atoms with Gasteiger partial charge in [-0.05, 0) is 37.8 Å². The van der Waals surface area contributed by atoms with Gasteiger partial charge in [0.15, 0.2) is 0 Å². The lowest BCUT2D eigenvalue weighted by Crippen LogP contribution is -2.30. The van der Waals surface area contributed by atoms with E-state index in [1.807, 2.05) is 16.8 Å². The highest BCUT2D eigenvalue weighted by Gasteiger charge is 2.24. The monoisotopic (exact) mass is 314 g/mol. The molecule has 1 aliphatic rings. The highest BCUT2D eigenvalue weighted by atomic mass is 16.5. The molecule has 5 heteroatoms. The SMILES string of the molecule is COC(=O)c1cc2c(=O)n([C@H]3CCCC[C@@H]3C)ccc2nc1C. The molecular formula is C18H22N2O3. The fraction of sp³-hybridized carbons (Fsp3) is 0.500. The molecule has 0 saturated heterocycles. The van der Waals surface area contributed by atoms with Gasteiger partial charge in [-0.2, -0.15) is 0 Å². The van der Waals surface area contributed by atoms with Crippen LogP contribution in [0.2, 0.25) is 0 Å². The summed E-state index contributed by atoms with van der Waals surface area (Å²) in [5.41, 5.74) is 1.48. The number of hydrogen-bond donors (Lipinski definition) is 0. The summed E-state index contributed by atoms with van der Waals surface area (Å²) in [5, 5.41) is 0.483. The van der Waals surface area contributed by atoms with Crippen molar-refractivity contribution in [2.75, 3.05) is 7.11 Å². The summed E-state index contributed by atoms with van der Waals surface area (Å²) < 4.78 is 6.61. The normalized spacial score (nSPS) is 21.3. The third kappa shape index (κ3) is 2.76. The molecular weight excluding hydrogens is 292 g/mol. The van der Waals surface area contributed by atoms with Gasteiger partial charge >= 0.3 is 5.97 Å². The summed E-state index contributed by atoms with van der Waals surface area (Å²) in [7, 11) is 1.33. The number of methoxy groups -OCH3 is 1. The van der Waals surface area contributed by atoms with Crippen molar-refractivity contribution in [3.05, 3.63) is 39.9 Å². The predicted octanol–water partition coefficient (Wildman–Crippen LogP) is 3.24. The van der Waals surface area contributed by atoms with E-state index in [2.05, 4.69) is 11.9 Å². The molecule has 0 N–H and O–H groups in total. The molecule has 3 rings (SSSR count). The quantitative estimate of drug-likeness (QED) is 0.798. The topological polar surface area (TPSA) is 61.2 Å². The van der Waals surface area contributed by atoms with Crippen LogP contribution in [0.1, 0.15) is 54.7 Å². The number of ether oxygens (including phenoxy) is 1. The minimum atomic E-state index is -0.460. The second kappa shape index (κ2) is 6.14. The maximum atomic E-state index is 12.9. The zero-order valence-corrected chi connectivity index (χ0v) is 13.8. The molecule has 23 heavy (non-hydrogen) atoms. The second-order valence-corrected chi connectivity index (χ2v) is 6.40. The fourth-order valence-corrected chi connectivity index (χ4v) is 3.57. The van der Waals surface area contributed by atoms with Gasteiger partial charge in [-0.25, -0.2) is 4.79 Å². The highest BCUT2D eigenvalue weighted by molar-refractivity contribution is 5.94. The van der Waals surface area contributed by atoms with E-state index < -0.39 is 5.97 Å². The maximum Gasteiger partial charge on any atom is 0.339 e. The van der Waals surface area contributed by atoms with E-state index in [1.54, 1.807) is 13.0 Å². The fourth-order valence-electron chi connectivity index (χ4n) is 3.57. The Hall–Kier alpha value is -2.17. The van der Waals surface area contributed by atoms with Crippen molar-refractivity contribution in [2.45, 2.75) is 45.6 Å². The highest BCUT2D eigenvalue weighted by Crippen LogP contribution is 2.32. The standard InChI is InChI=1S/C18H22N2O3/c1-11-6-4-5-7-16(11)20-9-8-15-14(17(20)21)10-13(12(2)19-15)18(22)23-3/h8-11,16H,4-7H2,1-3H3/t11-,16-/m0/s1. The number of aromatic nitrogens is 2. The van der Waals surface area contributed by atoms with Gasteiger partial charge in [-0.3, -0.25) is 9.78 Å². The summed E-state index contributed by atoms with van der Waals surface area (Å²) in [6.45, 7) is 3.95. The lowest BCUT2D eigenvalue weighted by Gasteiger charge is -2.30. The molecule has 0 unspecified atom stereocenters. The predicted molar refractivity (Wildman–Crippen MR) is 88.7 cm³/mol. The first-order chi connectivity index (χ1) is 11.0. The van der Waals surface area contributed by atoms with E-state index in [0.717, 1.165) is 19.3 Å². The Labute approximate surface area is 135 Å². The van der Waals surface area contributed by atoms with Crippen LogP contribution < -0.4 is 5.56 Å². The van der Waals surface area contributed by atoms with Crippen LogP contribution in [0, 0.1) is 12.8 Å². The second-order valence-electron chi connectivity index (χ2n) is 6.40. The number of nitrogens with zero attached hydrogens (tertiary/aromatic N) is 2. The van der Waals surface area contributed by atoms with Crippen LogP contribution in [0.3, 0.4) is 0 Å². The molecule has 122 valence electrons. The van der Waals surface area contributed by atoms with Gasteiger partial charge in [-0.1, -0.05) is 19.8 Å². The van der Waals surface area contributed by atoms with E-state index in [-0.39, 0.29) is 11.6 Å². The Morgan fingerprint density at radius 2 is 2.09 bits per heavy atom. The molecule has 2 aromatic heterocycles. The number of hydrogen-bond acceptors (Lipinski definition) is 4. The van der Waals surface area contributed by atoms with Crippen LogP contribution in [-0.4, -0.2) is 22.6 Å². The molecule has 2 aromatic rings. The molecule has 5 nitrogen and oxygen atoms in total. The lowest BCUT2D eigenvalue weighted by atomic mass is 9.85. The van der Waals surface area contributed by atoms with Crippen molar-refractivity contribution in [1.82, 2.24) is 9.55 Å². The molecule has 1 aliphatic carbocycles. The van der Waals surface area contributed by atoms with Crippen molar-refractivity contribution in [3.63, 3.8) is 0 Å². The molecule has 2 atom stereocenters. The number of carbonyl (C=O) groups is 1. The van der Waals surface area contributed by atoms with Gasteiger partial charge in [0.05, 0.1) is 29.3 Å². The van der Waals surface area contributed by atoms with Crippen molar-refractivity contribution >= 4 is 16.9 Å². The summed E-state index contributed by atoms with van der Waals surface area (Å²) in [6, 6.07) is 3.71. The van der Waals surface area contributed by atoms with E-state index in [0.29, 0.717) is 28.1 Å². The van der Waals surface area contributed by atoms with Crippen LogP contribution in [0.5, 0.6) is 0 Å². The molecule has 0 aliphatic heterocycles. The zero-order valence-electron chi connectivity index (χ0n) is 13.8. The van der Waals surface area contributed by atoms with E-state index in [1.165, 1.54) is 13.5 Å². The number of aryl methyl sites for hydroxylation is 1. The Morgan fingerprint density at radius 1 is 1.35 bits per heavy atom. The van der Waals surface area contributed by atoms with Crippen LogP contribution in [0.15, 0.2) is 23.1 Å². The molecule has 2 heterocycles. The summed E-state index contributed by atoms with van der Waals surface area (Å²) in [4.78, 5) is 29.2. The Bertz CT molecular complexity index is 810. The zero-order chi connectivity index (χ0) is 16.6. The van der Waals surface area contributed by atoms with Crippen LogP contribution in [0.4, 0.5) is 0 Å². The smallest absolute Gasteiger partial charge is 0.339 e. The molecule has 1 fully saturated rings. The van der Waals surface area contributed by atoms with Gasteiger partial charge in [0.25, 0.3) is 5.56 Å². The Morgan fingerprint density at radius 3 is 2.78 bits per heavy atom. The van der Waals surface area contributed by atoms with Crippen molar-refractivity contribution in [3.8, 4) is 0 Å². The van der Waals surface area contributed by atoms with Gasteiger partial charge < -0.3 is 9.30 Å². The molecule has 0 aromatic carbocycles. The molecule has 1 saturated carbocycles. The van der Waals surface area contributed by atoms with Crippen molar-refractivity contribution in [2.24, 2.45) is 5.92 Å². The number of rotatable bonds is 2. The minimum absolute atomic E-state index is 0.0705. The number of pyridine rings is 2. The summed E-state index contributed by atoms with van der Waals surface area (Å²) in [5.74, 6) is 0.0233. The molecule has 0 radical (unpaired) electrons. The minimum Gasteiger partial charge on any atom is -0.465 e. The van der Waals surface area contributed by atoms with Gasteiger partial charge in [0.2, 0.25) is 0 Å². The third-order valence-electron chi connectivity index (χ3n) is 4.93. The summed E-state index contributed by atoms with van der Waals surface area (Å²) in [6.07, 6.45) is 6.40. The third-order valence-corrected chi connectivity index (χ3v) is 4.93. The Kier molecular flexibility index (Phi) is 4.20. The van der Waals surface area contributed by atoms with Gasteiger partial charge in [0.1, 0.15) is 0 Å². The van der Waals surface area contributed by atoms with Crippen LogP contribution >= 0.6 is 0 Å². The first kappa shape index (κ1) is 15.7. The maximum absolute atomic E-state index is 12.9. The van der Waals surface area contributed by atoms with E-state index >= 15 is 0 Å². The number of carbonyl (C=O) groups excluding carboxylic acids is 1. The van der Waals surface area contributed by atoms with Crippen molar-refractivity contribution in [1.29, 1.82) is 0 Å². The average molecular weight is 314 g/mol. The van der Waals surface area contributed by atoms with Gasteiger partial charge in [-0.15, -0.1) is 0 Å². The lowest BCUT2D eigenvalue weighted by molar-refractivity contribution is 0.0599. The number of fused-ring (bicyclic) bond motifs is 1. The van der Waals surface area contributed by atoms with Crippen LogP contribution in [0.25, 0.3) is 10.9 Å². The molecule has 0 amide bonds. The first-order valence-corrected chi connectivity index (χ1v) is 8.13. The summed E-state index contributed by atoms with van der Waals surface area (Å²) >= 11 is 0. The van der Waals surface area contributed by atoms with Gasteiger partial charge in [0, 0.05) is 12.2 Å². The molecule has 0 spiro atoms. The first-order valence-electron chi connectivity index (χ1n) is 8.13. The average Bonchev–Trinajstić information content (AvgIpc) is 2.55. The van der Waals surface area contributed by atoms with Crippen molar-refractivity contribution < 1.29 is 9.53 Å². The molecule has 0 bridgehead atoms. The van der Waals surface area contributed by atoms with Crippen LogP contribution in [-0.2, 0) is 4.74 Å². The van der Waals surface area contributed by atoms with E-state index in [4.69, 9.17) is 4.74 Å².